The molecule has 140 valence electrons. The topological polar surface area (TPSA) is 84.5 Å². The van der Waals surface area contributed by atoms with E-state index in [1.807, 2.05) is 32.0 Å². The van der Waals surface area contributed by atoms with Gasteiger partial charge in [-0.25, -0.2) is 8.42 Å². The van der Waals surface area contributed by atoms with E-state index in [1.54, 1.807) is 31.2 Å². The highest BCUT2D eigenvalue weighted by Gasteiger charge is 2.09. The Hall–Kier alpha value is -2.54. The summed E-state index contributed by atoms with van der Waals surface area (Å²) >= 11 is 0. The average molecular weight is 376 g/mol. The van der Waals surface area contributed by atoms with Gasteiger partial charge in [-0.3, -0.25) is 9.52 Å². The van der Waals surface area contributed by atoms with Crippen LogP contribution < -0.4 is 14.8 Å². The summed E-state index contributed by atoms with van der Waals surface area (Å²) in [5.41, 5.74) is 3.29. The first-order valence-corrected chi connectivity index (χ1v) is 10.0. The number of rotatable bonds is 8. The quantitative estimate of drug-likeness (QED) is 0.739. The molecule has 1 amide bonds. The zero-order chi connectivity index (χ0) is 19.2. The largest absolute Gasteiger partial charge is 0.484 e. The number of carbonyl (C=O) groups excluding carboxylic acids is 1. The smallest absolute Gasteiger partial charge is 0.262 e. The standard InChI is InChI=1S/C19H24N2O4S/c1-4-11-26(23,24)21-17-8-6-16(7-9-17)20-19(22)13-25-18-10-5-14(2)15(3)12-18/h5-10,12,21H,4,11,13H2,1-3H3,(H,20,22). The number of hydrogen-bond donors (Lipinski definition) is 2. The first-order chi connectivity index (χ1) is 12.3. The molecule has 2 aromatic carbocycles. The maximum absolute atomic E-state index is 12.0. The highest BCUT2D eigenvalue weighted by Crippen LogP contribution is 2.17. The van der Waals surface area contributed by atoms with Gasteiger partial charge < -0.3 is 10.1 Å². The summed E-state index contributed by atoms with van der Waals surface area (Å²) in [5, 5.41) is 2.71. The fraction of sp³-hybridized carbons (Fsp3) is 0.316. The Balaban J connectivity index is 1.88. The van der Waals surface area contributed by atoms with Crippen LogP contribution in [0.4, 0.5) is 11.4 Å². The van der Waals surface area contributed by atoms with Crippen molar-refractivity contribution in [2.45, 2.75) is 27.2 Å². The van der Waals surface area contributed by atoms with Gasteiger partial charge in [-0.1, -0.05) is 13.0 Å². The summed E-state index contributed by atoms with van der Waals surface area (Å²) in [6, 6.07) is 12.1. The molecule has 0 aliphatic carbocycles. The molecule has 0 radical (unpaired) electrons. The molecule has 0 aliphatic heterocycles. The van der Waals surface area contributed by atoms with Crippen molar-refractivity contribution in [3.05, 3.63) is 53.6 Å². The van der Waals surface area contributed by atoms with Crippen molar-refractivity contribution in [1.29, 1.82) is 0 Å². The summed E-state index contributed by atoms with van der Waals surface area (Å²) in [5.74, 6) is 0.424. The maximum atomic E-state index is 12.0. The SMILES string of the molecule is CCCS(=O)(=O)Nc1ccc(NC(=O)COc2ccc(C)c(C)c2)cc1. The lowest BCUT2D eigenvalue weighted by molar-refractivity contribution is -0.118. The van der Waals surface area contributed by atoms with E-state index >= 15 is 0 Å². The van der Waals surface area contributed by atoms with Crippen LogP contribution in [-0.4, -0.2) is 26.7 Å². The van der Waals surface area contributed by atoms with E-state index in [1.165, 1.54) is 0 Å². The Morgan fingerprint density at radius 2 is 1.65 bits per heavy atom. The number of hydrogen-bond acceptors (Lipinski definition) is 4. The van der Waals surface area contributed by atoms with Gasteiger partial charge >= 0.3 is 0 Å². The van der Waals surface area contributed by atoms with Crippen LogP contribution in [0.2, 0.25) is 0 Å². The van der Waals surface area contributed by atoms with Crippen LogP contribution in [0.1, 0.15) is 24.5 Å². The van der Waals surface area contributed by atoms with Crippen molar-refractivity contribution in [2.24, 2.45) is 0 Å². The summed E-state index contributed by atoms with van der Waals surface area (Å²) in [4.78, 5) is 12.0. The predicted molar refractivity (Wildman–Crippen MR) is 104 cm³/mol. The summed E-state index contributed by atoms with van der Waals surface area (Å²) in [6.45, 7) is 5.70. The number of aryl methyl sites for hydroxylation is 2. The van der Waals surface area contributed by atoms with Gasteiger partial charge in [0.1, 0.15) is 5.75 Å². The first kappa shape index (κ1) is 19.8. The van der Waals surface area contributed by atoms with E-state index in [-0.39, 0.29) is 18.3 Å². The van der Waals surface area contributed by atoms with E-state index in [2.05, 4.69) is 10.0 Å². The number of anilines is 2. The maximum Gasteiger partial charge on any atom is 0.262 e. The Morgan fingerprint density at radius 3 is 2.27 bits per heavy atom. The molecular formula is C19H24N2O4S. The molecule has 6 nitrogen and oxygen atoms in total. The normalized spacial score (nSPS) is 11.0. The molecule has 26 heavy (non-hydrogen) atoms. The van der Waals surface area contributed by atoms with Crippen LogP contribution >= 0.6 is 0 Å². The average Bonchev–Trinajstić information content (AvgIpc) is 2.57. The summed E-state index contributed by atoms with van der Waals surface area (Å²) in [7, 11) is -3.32. The molecule has 0 atom stereocenters. The molecule has 0 bridgehead atoms. The monoisotopic (exact) mass is 376 g/mol. The third kappa shape index (κ3) is 6.07. The zero-order valence-corrected chi connectivity index (χ0v) is 16.0. The van der Waals surface area contributed by atoms with Crippen LogP contribution in [-0.2, 0) is 14.8 Å². The van der Waals surface area contributed by atoms with E-state index in [0.717, 1.165) is 11.1 Å². The molecule has 0 saturated heterocycles. The van der Waals surface area contributed by atoms with E-state index in [0.29, 0.717) is 23.5 Å². The van der Waals surface area contributed by atoms with Crippen LogP contribution in [0.25, 0.3) is 0 Å². The molecule has 0 aliphatic rings. The second-order valence-electron chi connectivity index (χ2n) is 6.08. The zero-order valence-electron chi connectivity index (χ0n) is 15.2. The highest BCUT2D eigenvalue weighted by molar-refractivity contribution is 7.92. The van der Waals surface area contributed by atoms with Crippen LogP contribution in [0, 0.1) is 13.8 Å². The molecule has 0 unspecified atom stereocenters. The van der Waals surface area contributed by atoms with Gasteiger partial charge in [0.15, 0.2) is 6.61 Å². The first-order valence-electron chi connectivity index (χ1n) is 8.39. The summed E-state index contributed by atoms with van der Waals surface area (Å²) < 4.78 is 31.4. The van der Waals surface area contributed by atoms with Gasteiger partial charge in [0.25, 0.3) is 5.91 Å². The predicted octanol–water partition coefficient (Wildman–Crippen LogP) is 3.47. The van der Waals surface area contributed by atoms with Crippen molar-refractivity contribution in [3.8, 4) is 5.75 Å². The molecular weight excluding hydrogens is 352 g/mol. The second-order valence-corrected chi connectivity index (χ2v) is 7.92. The second kappa shape index (κ2) is 8.71. The van der Waals surface area contributed by atoms with Crippen LogP contribution in [0.3, 0.4) is 0 Å². The molecule has 0 heterocycles. The number of amides is 1. The molecule has 2 rings (SSSR count). The molecule has 0 fully saturated rings. The van der Waals surface area contributed by atoms with Crippen molar-refractivity contribution < 1.29 is 17.9 Å². The van der Waals surface area contributed by atoms with Crippen LogP contribution in [0.15, 0.2) is 42.5 Å². The van der Waals surface area contributed by atoms with Crippen LogP contribution in [0.5, 0.6) is 5.75 Å². The lowest BCUT2D eigenvalue weighted by Crippen LogP contribution is -2.20. The highest BCUT2D eigenvalue weighted by atomic mass is 32.2. The minimum absolute atomic E-state index is 0.0707. The molecule has 2 N–H and O–H groups in total. The van der Waals surface area contributed by atoms with Gasteiger partial charge in [-0.15, -0.1) is 0 Å². The number of sulfonamides is 1. The molecule has 7 heteroatoms. The fourth-order valence-corrected chi connectivity index (χ4v) is 3.41. The van der Waals surface area contributed by atoms with Gasteiger partial charge in [0.2, 0.25) is 10.0 Å². The van der Waals surface area contributed by atoms with Gasteiger partial charge in [0.05, 0.1) is 5.75 Å². The summed E-state index contributed by atoms with van der Waals surface area (Å²) in [6.07, 6.45) is 0.546. The number of benzene rings is 2. The Bertz CT molecular complexity index is 862. The lowest BCUT2D eigenvalue weighted by atomic mass is 10.1. The molecule has 0 aromatic heterocycles. The van der Waals surface area contributed by atoms with Crippen molar-refractivity contribution in [1.82, 2.24) is 0 Å². The molecule has 0 saturated carbocycles. The molecule has 0 spiro atoms. The third-order valence-electron chi connectivity index (χ3n) is 3.76. The van der Waals surface area contributed by atoms with Crippen molar-refractivity contribution >= 4 is 27.3 Å². The van der Waals surface area contributed by atoms with E-state index in [4.69, 9.17) is 4.74 Å². The minimum atomic E-state index is -3.32. The van der Waals surface area contributed by atoms with Gasteiger partial charge in [-0.2, -0.15) is 0 Å². The minimum Gasteiger partial charge on any atom is -0.484 e. The lowest BCUT2D eigenvalue weighted by Gasteiger charge is -2.10. The number of nitrogens with one attached hydrogen (secondary N) is 2. The Morgan fingerprint density at radius 1 is 1.00 bits per heavy atom. The van der Waals surface area contributed by atoms with Gasteiger partial charge in [-0.05, 0) is 67.8 Å². The third-order valence-corrected chi connectivity index (χ3v) is 5.26. The van der Waals surface area contributed by atoms with E-state index in [9.17, 15) is 13.2 Å². The molecule has 2 aromatic rings. The van der Waals surface area contributed by atoms with Crippen molar-refractivity contribution in [3.63, 3.8) is 0 Å². The van der Waals surface area contributed by atoms with Crippen molar-refractivity contribution in [2.75, 3.05) is 22.4 Å². The van der Waals surface area contributed by atoms with E-state index < -0.39 is 10.0 Å². The number of carbonyl (C=O) groups is 1. The van der Waals surface area contributed by atoms with Gasteiger partial charge in [0, 0.05) is 11.4 Å². The fourth-order valence-electron chi connectivity index (χ4n) is 2.27. The Kier molecular flexibility index (Phi) is 6.63. The Labute approximate surface area is 154 Å². The number of ether oxygens (including phenoxy) is 1.